The van der Waals surface area contributed by atoms with E-state index < -0.39 is 0 Å². The molecule has 1 aliphatic rings. The highest BCUT2D eigenvalue weighted by molar-refractivity contribution is 9.09. The molecule has 0 saturated carbocycles. The highest BCUT2D eigenvalue weighted by Gasteiger charge is 2.23. The van der Waals surface area contributed by atoms with Crippen LogP contribution in [-0.2, 0) is 0 Å². The minimum Gasteiger partial charge on any atom is -0.354 e. The largest absolute Gasteiger partial charge is 0.354 e. The second-order valence-corrected chi connectivity index (χ2v) is 5.43. The van der Waals surface area contributed by atoms with Gasteiger partial charge in [-0.15, -0.1) is 0 Å². The van der Waals surface area contributed by atoms with Gasteiger partial charge in [0, 0.05) is 17.9 Å². The predicted octanol–water partition coefficient (Wildman–Crippen LogP) is 2.38. The Kier molecular flexibility index (Phi) is 2.96. The average Bonchev–Trinajstić information content (AvgIpc) is 2.58. The average molecular weight is 270 g/mol. The van der Waals surface area contributed by atoms with E-state index >= 15 is 0 Å². The minimum atomic E-state index is 0.598. The first kappa shape index (κ1) is 10.9. The van der Waals surface area contributed by atoms with E-state index in [9.17, 15) is 0 Å². The molecule has 0 aromatic carbocycles. The summed E-state index contributed by atoms with van der Waals surface area (Å²) in [5, 5.41) is 0. The SMILES string of the molecule is Cc1nc(C)c(N2CCC(Br)C2)nc1C. The van der Waals surface area contributed by atoms with Crippen molar-refractivity contribution < 1.29 is 0 Å². The van der Waals surface area contributed by atoms with Crippen molar-refractivity contribution in [3.63, 3.8) is 0 Å². The van der Waals surface area contributed by atoms with Crippen molar-refractivity contribution >= 4 is 21.7 Å². The van der Waals surface area contributed by atoms with Crippen LogP contribution in [0.25, 0.3) is 0 Å². The fourth-order valence-corrected chi connectivity index (χ4v) is 2.47. The van der Waals surface area contributed by atoms with Crippen molar-refractivity contribution in [1.29, 1.82) is 0 Å². The summed E-state index contributed by atoms with van der Waals surface area (Å²) in [6, 6.07) is 0. The first-order chi connectivity index (χ1) is 7.08. The lowest BCUT2D eigenvalue weighted by molar-refractivity contribution is 0.887. The third-order valence-electron chi connectivity index (χ3n) is 2.89. The summed E-state index contributed by atoms with van der Waals surface area (Å²) in [5.41, 5.74) is 3.11. The summed E-state index contributed by atoms with van der Waals surface area (Å²) < 4.78 is 0. The number of aromatic nitrogens is 2. The van der Waals surface area contributed by atoms with Crippen LogP contribution in [0, 0.1) is 20.8 Å². The molecule has 1 aromatic rings. The number of aryl methyl sites for hydroxylation is 3. The van der Waals surface area contributed by atoms with Gasteiger partial charge in [0.25, 0.3) is 0 Å². The molecule has 15 heavy (non-hydrogen) atoms. The van der Waals surface area contributed by atoms with Gasteiger partial charge in [-0.3, -0.25) is 4.98 Å². The monoisotopic (exact) mass is 269 g/mol. The molecule has 2 rings (SSSR count). The van der Waals surface area contributed by atoms with E-state index in [1.54, 1.807) is 0 Å². The Labute approximate surface area is 99.0 Å². The predicted molar refractivity (Wildman–Crippen MR) is 65.8 cm³/mol. The molecule has 2 heterocycles. The Morgan fingerprint density at radius 1 is 1.13 bits per heavy atom. The minimum absolute atomic E-state index is 0.598. The summed E-state index contributed by atoms with van der Waals surface area (Å²) in [7, 11) is 0. The van der Waals surface area contributed by atoms with E-state index in [1.165, 1.54) is 6.42 Å². The van der Waals surface area contributed by atoms with E-state index in [-0.39, 0.29) is 0 Å². The van der Waals surface area contributed by atoms with Gasteiger partial charge in [0.05, 0.1) is 17.1 Å². The maximum absolute atomic E-state index is 4.63. The molecule has 0 amide bonds. The summed E-state index contributed by atoms with van der Waals surface area (Å²) in [5.74, 6) is 1.06. The van der Waals surface area contributed by atoms with Gasteiger partial charge in [0.15, 0.2) is 0 Å². The number of nitrogens with zero attached hydrogens (tertiary/aromatic N) is 3. The van der Waals surface area contributed by atoms with Crippen molar-refractivity contribution in [3.05, 3.63) is 17.1 Å². The maximum atomic E-state index is 4.63. The molecule has 3 nitrogen and oxygen atoms in total. The summed E-state index contributed by atoms with van der Waals surface area (Å²) in [4.78, 5) is 12.1. The lowest BCUT2D eigenvalue weighted by Gasteiger charge is -2.19. The number of rotatable bonds is 1. The van der Waals surface area contributed by atoms with Crippen LogP contribution in [0.2, 0.25) is 0 Å². The molecule has 1 fully saturated rings. The molecule has 1 atom stereocenters. The number of alkyl halides is 1. The molecule has 4 heteroatoms. The van der Waals surface area contributed by atoms with Crippen LogP contribution in [0.3, 0.4) is 0 Å². The van der Waals surface area contributed by atoms with E-state index in [0.717, 1.165) is 36.0 Å². The Morgan fingerprint density at radius 2 is 1.80 bits per heavy atom. The van der Waals surface area contributed by atoms with Gasteiger partial charge in [-0.1, -0.05) is 15.9 Å². The third-order valence-corrected chi connectivity index (χ3v) is 3.63. The van der Waals surface area contributed by atoms with Crippen LogP contribution < -0.4 is 4.90 Å². The standard InChI is InChI=1S/C11H16BrN3/c1-7-8(2)14-11(9(3)13-7)15-5-4-10(12)6-15/h10H,4-6H2,1-3H3. The van der Waals surface area contributed by atoms with Crippen molar-refractivity contribution in [2.45, 2.75) is 32.0 Å². The Balaban J connectivity index is 2.32. The molecule has 0 spiro atoms. The van der Waals surface area contributed by atoms with Crippen molar-refractivity contribution in [2.75, 3.05) is 18.0 Å². The number of hydrogen-bond donors (Lipinski definition) is 0. The van der Waals surface area contributed by atoms with Crippen LogP contribution in [-0.4, -0.2) is 27.9 Å². The number of anilines is 1. The van der Waals surface area contributed by atoms with Crippen LogP contribution in [0.4, 0.5) is 5.82 Å². The molecule has 0 bridgehead atoms. The lowest BCUT2D eigenvalue weighted by Crippen LogP contribution is -2.23. The number of halogens is 1. The summed E-state index contributed by atoms with van der Waals surface area (Å²) in [6.07, 6.45) is 1.19. The first-order valence-electron chi connectivity index (χ1n) is 5.29. The smallest absolute Gasteiger partial charge is 0.150 e. The highest BCUT2D eigenvalue weighted by atomic mass is 79.9. The number of hydrogen-bond acceptors (Lipinski definition) is 3. The zero-order valence-electron chi connectivity index (χ0n) is 9.42. The molecule has 1 saturated heterocycles. The molecule has 82 valence electrons. The lowest BCUT2D eigenvalue weighted by atomic mass is 10.3. The first-order valence-corrected chi connectivity index (χ1v) is 6.20. The van der Waals surface area contributed by atoms with Gasteiger partial charge in [-0.25, -0.2) is 4.98 Å². The Bertz CT molecular complexity index is 378. The van der Waals surface area contributed by atoms with Gasteiger partial charge < -0.3 is 4.90 Å². The third kappa shape index (κ3) is 2.14. The summed E-state index contributed by atoms with van der Waals surface area (Å²) in [6.45, 7) is 8.19. The van der Waals surface area contributed by atoms with E-state index in [1.807, 2.05) is 20.8 Å². The maximum Gasteiger partial charge on any atom is 0.150 e. The van der Waals surface area contributed by atoms with Gasteiger partial charge >= 0.3 is 0 Å². The van der Waals surface area contributed by atoms with Gasteiger partial charge in [0.1, 0.15) is 5.82 Å². The summed E-state index contributed by atoms with van der Waals surface area (Å²) >= 11 is 3.64. The normalized spacial score (nSPS) is 21.1. The van der Waals surface area contributed by atoms with Gasteiger partial charge in [-0.05, 0) is 27.2 Å². The molecule has 1 aliphatic heterocycles. The fourth-order valence-electron chi connectivity index (χ4n) is 1.91. The van der Waals surface area contributed by atoms with Crippen molar-refractivity contribution in [2.24, 2.45) is 0 Å². The van der Waals surface area contributed by atoms with E-state index in [4.69, 9.17) is 0 Å². The highest BCUT2D eigenvalue weighted by Crippen LogP contribution is 2.24. The molecule has 1 aromatic heterocycles. The molecule has 0 aliphatic carbocycles. The van der Waals surface area contributed by atoms with E-state index in [0.29, 0.717) is 4.83 Å². The van der Waals surface area contributed by atoms with Crippen LogP contribution in [0.5, 0.6) is 0 Å². The van der Waals surface area contributed by atoms with Crippen LogP contribution in [0.1, 0.15) is 23.5 Å². The molecule has 0 N–H and O–H groups in total. The van der Waals surface area contributed by atoms with Crippen LogP contribution in [0.15, 0.2) is 0 Å². The molecular weight excluding hydrogens is 254 g/mol. The Hall–Kier alpha value is -0.640. The second-order valence-electron chi connectivity index (χ2n) is 4.14. The van der Waals surface area contributed by atoms with Gasteiger partial charge in [0.2, 0.25) is 0 Å². The Morgan fingerprint density at radius 3 is 2.40 bits per heavy atom. The molecule has 0 radical (unpaired) electrons. The van der Waals surface area contributed by atoms with Crippen molar-refractivity contribution in [1.82, 2.24) is 9.97 Å². The van der Waals surface area contributed by atoms with Gasteiger partial charge in [-0.2, -0.15) is 0 Å². The van der Waals surface area contributed by atoms with Crippen LogP contribution >= 0.6 is 15.9 Å². The fraction of sp³-hybridized carbons (Fsp3) is 0.636. The zero-order chi connectivity index (χ0) is 11.0. The second kappa shape index (κ2) is 4.08. The van der Waals surface area contributed by atoms with Crippen molar-refractivity contribution in [3.8, 4) is 0 Å². The topological polar surface area (TPSA) is 29.0 Å². The van der Waals surface area contributed by atoms with E-state index in [2.05, 4.69) is 30.8 Å². The molecule has 1 unspecified atom stereocenters. The quantitative estimate of drug-likeness (QED) is 0.734. The molecular formula is C11H16BrN3. The zero-order valence-corrected chi connectivity index (χ0v) is 11.0.